The first kappa shape index (κ1) is 61.6. The summed E-state index contributed by atoms with van der Waals surface area (Å²) < 4.78 is 167. The molecular formula is C49H52ClF10N8O7PS2. The summed E-state index contributed by atoms with van der Waals surface area (Å²) in [5.41, 5.74) is -4.23. The van der Waals surface area contributed by atoms with Crippen LogP contribution in [0.5, 0.6) is 5.75 Å². The van der Waals surface area contributed by atoms with E-state index in [1.54, 1.807) is 6.92 Å². The summed E-state index contributed by atoms with van der Waals surface area (Å²) in [4.78, 5) is 53.0. The second-order valence-electron chi connectivity index (χ2n) is 18.6. The molecule has 0 saturated heterocycles. The molecule has 424 valence electrons. The number of carbonyl (C=O) groups excluding carboxylic acids is 2. The highest BCUT2D eigenvalue weighted by Gasteiger charge is 2.68. The van der Waals surface area contributed by atoms with Crippen LogP contribution in [0.3, 0.4) is 0 Å². The van der Waals surface area contributed by atoms with Crippen molar-refractivity contribution in [3.05, 3.63) is 117 Å². The first-order valence-electron chi connectivity index (χ1n) is 23.3. The summed E-state index contributed by atoms with van der Waals surface area (Å²) in [7, 11) is -3.29. The number of thioether (sulfide) groups is 1. The van der Waals surface area contributed by atoms with Crippen molar-refractivity contribution in [2.45, 2.75) is 95.0 Å². The fourth-order valence-corrected chi connectivity index (χ4v) is 10.0. The van der Waals surface area contributed by atoms with E-state index in [0.29, 0.717) is 19.8 Å². The molecule has 0 aliphatic heterocycles. The lowest BCUT2D eigenvalue weighted by Gasteiger charge is -2.26. The summed E-state index contributed by atoms with van der Waals surface area (Å²) in [5.74, 6) is -10.6. The number of halogens is 11. The smallest absolute Gasteiger partial charge is 0.425 e. The van der Waals surface area contributed by atoms with Gasteiger partial charge in [-0.15, -0.1) is 0 Å². The number of para-hydroxylation sites is 2. The number of aliphatic hydroxyl groups excluding tert-OH is 1. The summed E-state index contributed by atoms with van der Waals surface area (Å²) in [6.45, 7) is 5.23. The molecule has 29 heteroatoms. The molecule has 3 aromatic carbocycles. The van der Waals surface area contributed by atoms with Gasteiger partial charge >= 0.3 is 27.0 Å². The summed E-state index contributed by atoms with van der Waals surface area (Å²) in [6.07, 6.45) is -7.64. The second-order valence-corrected chi connectivity index (χ2v) is 22.6. The summed E-state index contributed by atoms with van der Waals surface area (Å²) in [5, 5.41) is 16.4. The van der Waals surface area contributed by atoms with E-state index in [1.165, 1.54) is 55.6 Å². The van der Waals surface area contributed by atoms with Crippen LogP contribution in [0.4, 0.5) is 60.2 Å². The van der Waals surface area contributed by atoms with Gasteiger partial charge in [0, 0.05) is 59.5 Å². The molecule has 3 heterocycles. The first-order valence-corrected chi connectivity index (χ1v) is 27.6. The number of aromatic nitrogens is 5. The van der Waals surface area contributed by atoms with E-state index in [1.807, 2.05) is 11.8 Å². The Labute approximate surface area is 453 Å². The number of aliphatic hydroxyl groups is 1. The Balaban J connectivity index is 0.00000115. The van der Waals surface area contributed by atoms with Gasteiger partial charge in [0.15, 0.2) is 17.3 Å². The number of fused-ring (bicyclic) bond motifs is 4. The predicted molar refractivity (Wildman–Crippen MR) is 277 cm³/mol. The van der Waals surface area contributed by atoms with Crippen LogP contribution in [0, 0.1) is 17.6 Å². The summed E-state index contributed by atoms with van der Waals surface area (Å²) in [6, 6.07) is 10.3. The largest absolute Gasteiger partial charge is 0.435 e. The minimum absolute atomic E-state index is 0.0925. The van der Waals surface area contributed by atoms with E-state index in [9.17, 15) is 58.7 Å². The number of aryl methyl sites for hydroxylation is 1. The molecule has 4 atom stereocenters. The van der Waals surface area contributed by atoms with Crippen molar-refractivity contribution < 1.29 is 77.1 Å². The number of nitrogens with one attached hydrogen (secondary N) is 1. The molecule has 8 rings (SSSR count). The van der Waals surface area contributed by atoms with E-state index in [2.05, 4.69) is 47.5 Å². The van der Waals surface area contributed by atoms with Crippen molar-refractivity contribution >= 4 is 77.3 Å². The van der Waals surface area contributed by atoms with E-state index in [-0.39, 0.29) is 67.4 Å². The van der Waals surface area contributed by atoms with Gasteiger partial charge in [0.25, 0.3) is 5.92 Å². The Morgan fingerprint density at radius 2 is 1.59 bits per heavy atom. The second kappa shape index (κ2) is 24.0. The monoisotopic (exact) mass is 1180 g/mol. The molecule has 0 radical (unpaired) electrons. The number of alkyl halides is 8. The Kier molecular flexibility index (Phi) is 19.0. The van der Waals surface area contributed by atoms with E-state index >= 15 is 8.78 Å². The molecule has 0 bridgehead atoms. The van der Waals surface area contributed by atoms with E-state index in [4.69, 9.17) is 21.2 Å². The van der Waals surface area contributed by atoms with Gasteiger partial charge in [0.2, 0.25) is 5.91 Å². The number of nitrogens with zero attached hydrogens (tertiary/aromatic N) is 7. The minimum atomic E-state index is -5.16. The maximum atomic E-state index is 15.5. The predicted octanol–water partition coefficient (Wildman–Crippen LogP) is 11.4. The first-order chi connectivity index (χ1) is 36.3. The highest BCUT2D eigenvalue weighted by molar-refractivity contribution is 7.99. The summed E-state index contributed by atoms with van der Waals surface area (Å²) >= 11 is 8.62. The molecule has 2 unspecified atom stereocenters. The molecule has 0 spiro atoms. The number of rotatable bonds is 14. The van der Waals surface area contributed by atoms with Crippen molar-refractivity contribution in [3.8, 4) is 16.9 Å². The molecule has 1 fully saturated rings. The Morgan fingerprint density at radius 1 is 0.974 bits per heavy atom. The van der Waals surface area contributed by atoms with Gasteiger partial charge in [-0.05, 0) is 73.4 Å². The number of carbonyl (C=O) groups is 2. The molecule has 2 aliphatic carbocycles. The maximum absolute atomic E-state index is 15.5. The Hall–Kier alpha value is -5.57. The van der Waals surface area contributed by atoms with E-state index < -0.39 is 127 Å². The third-order valence-electron chi connectivity index (χ3n) is 12.2. The Morgan fingerprint density at radius 3 is 2.15 bits per heavy atom. The van der Waals surface area contributed by atoms with Gasteiger partial charge in [-0.3, -0.25) is 24.0 Å². The van der Waals surface area contributed by atoms with Crippen molar-refractivity contribution in [1.82, 2.24) is 29.9 Å². The van der Waals surface area contributed by atoms with Gasteiger partial charge in [0.1, 0.15) is 41.4 Å². The Bertz CT molecular complexity index is 3190. The van der Waals surface area contributed by atoms with Crippen molar-refractivity contribution in [3.63, 3.8) is 0 Å². The van der Waals surface area contributed by atoms with Crippen LogP contribution in [0.25, 0.3) is 22.0 Å². The normalized spacial score (nSPS) is 16.3. The fraction of sp³-hybridized carbons (Fsp3) is 0.408. The highest BCUT2D eigenvalue weighted by atomic mass is 35.5. The number of anilines is 2. The fourth-order valence-electron chi connectivity index (χ4n) is 8.72. The van der Waals surface area contributed by atoms with Crippen molar-refractivity contribution in [2.75, 3.05) is 35.9 Å². The zero-order chi connectivity index (χ0) is 58.1. The van der Waals surface area contributed by atoms with Gasteiger partial charge in [-0.1, -0.05) is 63.6 Å². The van der Waals surface area contributed by atoms with Crippen LogP contribution in [-0.4, -0.2) is 93.2 Å². The highest BCUT2D eigenvalue weighted by Crippen LogP contribution is 2.68. The van der Waals surface area contributed by atoms with E-state index in [0.717, 1.165) is 30.4 Å². The lowest BCUT2D eigenvalue weighted by Crippen LogP contribution is -2.42. The molecule has 3 aromatic heterocycles. The number of benzene rings is 3. The van der Waals surface area contributed by atoms with Gasteiger partial charge in [-0.25, -0.2) is 17.8 Å². The minimum Gasteiger partial charge on any atom is -0.425 e. The van der Waals surface area contributed by atoms with Crippen molar-refractivity contribution in [1.29, 1.82) is 0 Å². The van der Waals surface area contributed by atoms with Crippen LogP contribution in [0.2, 0.25) is 5.02 Å². The quantitative estimate of drug-likeness (QED) is 0.0600. The number of amides is 3. The topological polar surface area (TPSA) is 188 Å². The van der Waals surface area contributed by atoms with Gasteiger partial charge in [-0.2, -0.15) is 61.4 Å². The standard InChI is InChI=1S/C43H36ClF10N8O6PS.C5H12S.CH4O/c1-4-23-9-10-24(25-11-12-28(44)34-36(25)61(19-41(47,48)49)58-39(34)62(70(3)67)40(64)59(2)30-7-5-6-8-31(30)68-69(65)66)35(55-23)29(15-20-13-21(45)16-22(46)14-20)56-32(63)18-60-38-33(37(57-60)43(52,53)54)26-17-27(26)42(38,50)51;1-5(2,3)6-4;1-2/h5-14,16,26-27,29,65-66H,4,15,17-19H2,1-3H3,(H,56,63);1-4H3;2H,1H3/t26-,27+,29?,70?;;/m0../s1. The van der Waals surface area contributed by atoms with Crippen LogP contribution < -0.4 is 19.0 Å². The average molecular weight is 1190 g/mol. The molecule has 2 aliphatic rings. The number of hydrogen-bond donors (Lipinski definition) is 4. The van der Waals surface area contributed by atoms with Crippen LogP contribution >= 0.6 is 32.0 Å². The SMILES string of the molecule is CCc1ccc(-c2ccc(Cl)c3c(N(C(=O)N(C)c4ccccc4OP(O)O)S(C)=O)nn(CC(F)(F)F)c23)c(C(Cc2cc(F)cc(F)c2)NC(=O)Cn2nc(C(F)(F)F)c3c2C(F)(F)[C@@H]2C[C@H]32)n1.CO.CSC(C)(C)C. The van der Waals surface area contributed by atoms with Crippen molar-refractivity contribution in [2.24, 2.45) is 5.92 Å². The van der Waals surface area contributed by atoms with Crippen LogP contribution in [0.15, 0.2) is 66.7 Å². The number of hydrogen-bond acceptors (Lipinski definition) is 11. The number of pyridine rings is 1. The molecule has 15 nitrogen and oxygen atoms in total. The number of urea groups is 1. The molecule has 4 N–H and O–H groups in total. The van der Waals surface area contributed by atoms with Crippen LogP contribution in [0.1, 0.15) is 80.0 Å². The van der Waals surface area contributed by atoms with Gasteiger partial charge in [0.05, 0.1) is 33.3 Å². The molecular weight excluding hydrogens is 1130 g/mol. The third kappa shape index (κ3) is 13.7. The van der Waals surface area contributed by atoms with Gasteiger partial charge < -0.3 is 24.7 Å². The lowest BCUT2D eigenvalue weighted by atomic mass is 9.93. The molecule has 1 saturated carbocycles. The maximum Gasteiger partial charge on any atom is 0.435 e. The zero-order valence-corrected chi connectivity index (χ0v) is 45.9. The molecule has 78 heavy (non-hydrogen) atoms. The average Bonchev–Trinajstić information content (AvgIpc) is 4.03. The lowest BCUT2D eigenvalue weighted by molar-refractivity contribution is -0.143. The zero-order valence-electron chi connectivity index (χ0n) is 42.6. The third-order valence-corrected chi connectivity index (χ3v) is 15.0. The molecule has 6 aromatic rings. The molecule has 3 amide bonds. The van der Waals surface area contributed by atoms with Crippen LogP contribution in [-0.2, 0) is 53.8 Å².